The first kappa shape index (κ1) is 15.5. The number of hydrogen-bond donors (Lipinski definition) is 2. The van der Waals surface area contributed by atoms with Gasteiger partial charge in [0.25, 0.3) is 0 Å². The van der Waals surface area contributed by atoms with Gasteiger partial charge in [-0.05, 0) is 61.3 Å². The van der Waals surface area contributed by atoms with Crippen LogP contribution in [0.5, 0.6) is 5.75 Å². The van der Waals surface area contributed by atoms with Gasteiger partial charge in [0, 0.05) is 12.1 Å². The van der Waals surface area contributed by atoms with Crippen molar-refractivity contribution in [3.8, 4) is 5.75 Å². The first-order valence-corrected chi connectivity index (χ1v) is 6.89. The Morgan fingerprint density at radius 2 is 2.06 bits per heavy atom. The van der Waals surface area contributed by atoms with Crippen LogP contribution >= 0.6 is 15.9 Å². The molecule has 1 atom stereocenters. The molecule has 102 valence electrons. The van der Waals surface area contributed by atoms with Crippen LogP contribution in [0.15, 0.2) is 22.7 Å². The normalized spacial score (nSPS) is 13.4. The van der Waals surface area contributed by atoms with Crippen LogP contribution < -0.4 is 10.1 Å². The molecule has 1 rings (SSSR count). The standard InChI is InChI=1S/C14H22BrNO2/c1-10-5-6-13(12(15)7-10)18-9-11(17)8-16-14(2,3)4/h5-7,11,16-17H,8-9H2,1-4H3. The average molecular weight is 316 g/mol. The van der Waals surface area contributed by atoms with Gasteiger partial charge in [-0.3, -0.25) is 0 Å². The number of hydrogen-bond acceptors (Lipinski definition) is 3. The molecule has 0 fully saturated rings. The number of aryl methyl sites for hydroxylation is 1. The largest absolute Gasteiger partial charge is 0.490 e. The second-order valence-corrected chi connectivity index (χ2v) is 6.38. The van der Waals surface area contributed by atoms with E-state index in [0.29, 0.717) is 6.54 Å². The zero-order valence-electron chi connectivity index (χ0n) is 11.5. The highest BCUT2D eigenvalue weighted by Crippen LogP contribution is 2.25. The predicted octanol–water partition coefficient (Wildman–Crippen LogP) is 2.89. The molecule has 0 aliphatic heterocycles. The molecular weight excluding hydrogens is 294 g/mol. The number of halogens is 1. The van der Waals surface area contributed by atoms with Crippen LogP contribution in [0.4, 0.5) is 0 Å². The van der Waals surface area contributed by atoms with E-state index in [1.807, 2.05) is 25.1 Å². The summed E-state index contributed by atoms with van der Waals surface area (Å²) in [6, 6.07) is 5.89. The van der Waals surface area contributed by atoms with E-state index in [0.717, 1.165) is 10.2 Å². The van der Waals surface area contributed by atoms with Crippen molar-refractivity contribution in [3.63, 3.8) is 0 Å². The summed E-state index contributed by atoms with van der Waals surface area (Å²) in [5.41, 5.74) is 1.18. The van der Waals surface area contributed by atoms with Crippen LogP contribution in [0.3, 0.4) is 0 Å². The molecule has 0 aromatic heterocycles. The SMILES string of the molecule is Cc1ccc(OCC(O)CNC(C)(C)C)c(Br)c1. The molecule has 0 saturated carbocycles. The predicted molar refractivity (Wildman–Crippen MR) is 78.1 cm³/mol. The van der Waals surface area contributed by atoms with Gasteiger partial charge in [-0.1, -0.05) is 6.07 Å². The maximum absolute atomic E-state index is 9.82. The summed E-state index contributed by atoms with van der Waals surface area (Å²) in [5, 5.41) is 13.1. The Morgan fingerprint density at radius 1 is 1.39 bits per heavy atom. The van der Waals surface area contributed by atoms with Crippen molar-refractivity contribution in [2.75, 3.05) is 13.2 Å². The fourth-order valence-electron chi connectivity index (χ4n) is 1.39. The van der Waals surface area contributed by atoms with Crippen molar-refractivity contribution in [3.05, 3.63) is 28.2 Å². The van der Waals surface area contributed by atoms with E-state index in [1.54, 1.807) is 0 Å². The summed E-state index contributed by atoms with van der Waals surface area (Å²) in [6.45, 7) is 9.03. The van der Waals surface area contributed by atoms with Crippen LogP contribution in [-0.4, -0.2) is 29.9 Å². The zero-order valence-corrected chi connectivity index (χ0v) is 13.0. The van der Waals surface area contributed by atoms with Crippen LogP contribution in [0.25, 0.3) is 0 Å². The van der Waals surface area contributed by atoms with Gasteiger partial charge in [0.05, 0.1) is 4.47 Å². The van der Waals surface area contributed by atoms with E-state index in [1.165, 1.54) is 5.56 Å². The fraction of sp³-hybridized carbons (Fsp3) is 0.571. The minimum absolute atomic E-state index is 0.00538. The van der Waals surface area contributed by atoms with Crippen LogP contribution in [-0.2, 0) is 0 Å². The number of ether oxygens (including phenoxy) is 1. The van der Waals surface area contributed by atoms with Crippen molar-refractivity contribution >= 4 is 15.9 Å². The monoisotopic (exact) mass is 315 g/mol. The number of benzene rings is 1. The topological polar surface area (TPSA) is 41.5 Å². The second kappa shape index (κ2) is 6.55. The summed E-state index contributed by atoms with van der Waals surface area (Å²) in [6.07, 6.45) is -0.516. The quantitative estimate of drug-likeness (QED) is 0.878. The molecular formula is C14H22BrNO2. The molecule has 0 bridgehead atoms. The van der Waals surface area contributed by atoms with Crippen LogP contribution in [0.1, 0.15) is 26.3 Å². The van der Waals surface area contributed by atoms with Crippen molar-refractivity contribution in [1.29, 1.82) is 0 Å². The molecule has 0 aliphatic carbocycles. The first-order chi connectivity index (χ1) is 8.28. The first-order valence-electron chi connectivity index (χ1n) is 6.10. The molecule has 0 heterocycles. The minimum atomic E-state index is -0.516. The Hall–Kier alpha value is -0.580. The smallest absolute Gasteiger partial charge is 0.133 e. The van der Waals surface area contributed by atoms with Crippen molar-refractivity contribution in [2.24, 2.45) is 0 Å². The van der Waals surface area contributed by atoms with Crippen molar-refractivity contribution < 1.29 is 9.84 Å². The fourth-order valence-corrected chi connectivity index (χ4v) is 2.00. The van der Waals surface area contributed by atoms with Gasteiger partial charge in [-0.2, -0.15) is 0 Å². The molecule has 0 radical (unpaired) electrons. The third-order valence-electron chi connectivity index (χ3n) is 2.39. The molecule has 2 N–H and O–H groups in total. The lowest BCUT2D eigenvalue weighted by Crippen LogP contribution is -2.42. The van der Waals surface area contributed by atoms with Gasteiger partial charge >= 0.3 is 0 Å². The number of nitrogens with one attached hydrogen (secondary N) is 1. The Kier molecular flexibility index (Phi) is 5.63. The van der Waals surface area contributed by atoms with E-state index in [9.17, 15) is 5.11 Å². The molecule has 0 spiro atoms. The van der Waals surface area contributed by atoms with Gasteiger partial charge < -0.3 is 15.2 Å². The highest BCUT2D eigenvalue weighted by molar-refractivity contribution is 9.10. The summed E-state index contributed by atoms with van der Waals surface area (Å²) in [7, 11) is 0. The zero-order chi connectivity index (χ0) is 13.8. The molecule has 1 unspecified atom stereocenters. The van der Waals surface area contributed by atoms with E-state index < -0.39 is 6.10 Å². The van der Waals surface area contributed by atoms with Crippen molar-refractivity contribution in [2.45, 2.75) is 39.3 Å². The highest BCUT2D eigenvalue weighted by Gasteiger charge is 2.13. The lowest BCUT2D eigenvalue weighted by molar-refractivity contribution is 0.0997. The van der Waals surface area contributed by atoms with Crippen molar-refractivity contribution in [1.82, 2.24) is 5.32 Å². The summed E-state index contributed by atoms with van der Waals surface area (Å²) < 4.78 is 6.50. The average Bonchev–Trinajstić information content (AvgIpc) is 2.24. The van der Waals surface area contributed by atoms with E-state index in [-0.39, 0.29) is 12.1 Å². The number of aliphatic hydroxyl groups is 1. The Morgan fingerprint density at radius 3 is 2.61 bits per heavy atom. The number of rotatable bonds is 5. The molecule has 0 amide bonds. The molecule has 0 saturated heterocycles. The molecule has 4 heteroatoms. The summed E-state index contributed by atoms with van der Waals surface area (Å²) in [5.74, 6) is 0.760. The molecule has 1 aromatic carbocycles. The lowest BCUT2D eigenvalue weighted by atomic mass is 10.1. The Labute approximate surface area is 118 Å². The summed E-state index contributed by atoms with van der Waals surface area (Å²) in [4.78, 5) is 0. The van der Waals surface area contributed by atoms with Gasteiger partial charge in [0.1, 0.15) is 18.5 Å². The summed E-state index contributed by atoms with van der Waals surface area (Å²) >= 11 is 3.45. The van der Waals surface area contributed by atoms with E-state index >= 15 is 0 Å². The van der Waals surface area contributed by atoms with Crippen LogP contribution in [0, 0.1) is 6.92 Å². The molecule has 18 heavy (non-hydrogen) atoms. The Balaban J connectivity index is 2.40. The third-order valence-corrected chi connectivity index (χ3v) is 3.01. The van der Waals surface area contributed by atoms with E-state index in [4.69, 9.17) is 4.74 Å². The highest BCUT2D eigenvalue weighted by atomic mass is 79.9. The molecule has 1 aromatic rings. The van der Waals surface area contributed by atoms with Gasteiger partial charge in [0.15, 0.2) is 0 Å². The van der Waals surface area contributed by atoms with Gasteiger partial charge in [-0.15, -0.1) is 0 Å². The van der Waals surface area contributed by atoms with Gasteiger partial charge in [0.2, 0.25) is 0 Å². The number of β-amino-alcohol motifs (C(OH)–C–C–N with tert-alkyl or cyclic N) is 1. The van der Waals surface area contributed by atoms with Crippen LogP contribution in [0.2, 0.25) is 0 Å². The number of aliphatic hydroxyl groups excluding tert-OH is 1. The molecule has 3 nitrogen and oxygen atoms in total. The van der Waals surface area contributed by atoms with E-state index in [2.05, 4.69) is 42.0 Å². The third kappa shape index (κ3) is 5.85. The lowest BCUT2D eigenvalue weighted by Gasteiger charge is -2.23. The maximum Gasteiger partial charge on any atom is 0.133 e. The minimum Gasteiger partial charge on any atom is -0.490 e. The second-order valence-electron chi connectivity index (χ2n) is 5.53. The van der Waals surface area contributed by atoms with Gasteiger partial charge in [-0.25, -0.2) is 0 Å². The molecule has 0 aliphatic rings. The Bertz CT molecular complexity index is 388. The maximum atomic E-state index is 9.82.